The Balaban J connectivity index is 0.00000208. The number of anilines is 1. The van der Waals surface area contributed by atoms with Crippen LogP contribution >= 0.6 is 23.7 Å². The van der Waals surface area contributed by atoms with Gasteiger partial charge in [-0.3, -0.25) is 4.79 Å². The van der Waals surface area contributed by atoms with Crippen molar-refractivity contribution in [2.45, 2.75) is 6.92 Å². The molecule has 2 N–H and O–H groups in total. The Hall–Kier alpha value is -1.83. The third-order valence-corrected chi connectivity index (χ3v) is 4.29. The zero-order valence-electron chi connectivity index (χ0n) is 13.5. The van der Waals surface area contributed by atoms with Crippen molar-refractivity contribution in [1.29, 1.82) is 0 Å². The summed E-state index contributed by atoms with van der Waals surface area (Å²) in [5.41, 5.74) is 1.75. The normalized spacial score (nSPS) is 13.8. The van der Waals surface area contributed by atoms with Crippen LogP contribution in [0.5, 0.6) is 11.5 Å². The molecule has 3 rings (SSSR count). The summed E-state index contributed by atoms with van der Waals surface area (Å²) in [6.45, 7) is 3.63. The lowest BCUT2D eigenvalue weighted by Gasteiger charge is -2.18. The van der Waals surface area contributed by atoms with Crippen molar-refractivity contribution in [3.8, 4) is 22.8 Å². The Morgan fingerprint density at radius 1 is 1.33 bits per heavy atom. The molecular formula is C16H20ClN3O3S. The molecule has 1 unspecified atom stereocenters. The molecule has 0 aliphatic carbocycles. The van der Waals surface area contributed by atoms with Gasteiger partial charge in [0, 0.05) is 23.4 Å². The van der Waals surface area contributed by atoms with Crippen LogP contribution in [-0.4, -0.2) is 37.7 Å². The van der Waals surface area contributed by atoms with Crippen LogP contribution in [0.3, 0.4) is 0 Å². The fraction of sp³-hybridized carbons (Fsp3) is 0.375. The van der Waals surface area contributed by atoms with E-state index in [4.69, 9.17) is 9.47 Å². The second-order valence-corrected chi connectivity index (χ2v) is 6.20. The monoisotopic (exact) mass is 369 g/mol. The number of halogens is 1. The topological polar surface area (TPSA) is 72.5 Å². The predicted octanol–water partition coefficient (Wildman–Crippen LogP) is 2.80. The van der Waals surface area contributed by atoms with E-state index in [0.29, 0.717) is 24.9 Å². The third kappa shape index (κ3) is 4.17. The number of fused-ring (bicyclic) bond motifs is 1. The second-order valence-electron chi connectivity index (χ2n) is 5.34. The molecule has 1 aliphatic heterocycles. The second kappa shape index (κ2) is 8.32. The van der Waals surface area contributed by atoms with Crippen molar-refractivity contribution in [3.63, 3.8) is 0 Å². The maximum Gasteiger partial charge on any atom is 0.230 e. The summed E-state index contributed by atoms with van der Waals surface area (Å²) in [4.78, 5) is 16.5. The van der Waals surface area contributed by atoms with Crippen molar-refractivity contribution in [2.24, 2.45) is 5.92 Å². The number of nitrogens with one attached hydrogen (secondary N) is 2. The number of thiazole rings is 1. The van der Waals surface area contributed by atoms with E-state index >= 15 is 0 Å². The zero-order valence-corrected chi connectivity index (χ0v) is 15.1. The molecule has 0 saturated heterocycles. The van der Waals surface area contributed by atoms with E-state index in [1.165, 1.54) is 11.3 Å². The third-order valence-electron chi connectivity index (χ3n) is 3.53. The molecular weight excluding hydrogens is 350 g/mol. The summed E-state index contributed by atoms with van der Waals surface area (Å²) in [6, 6.07) is 5.74. The van der Waals surface area contributed by atoms with Crippen LogP contribution in [-0.2, 0) is 4.79 Å². The highest BCUT2D eigenvalue weighted by molar-refractivity contribution is 7.14. The number of amides is 1. The molecule has 0 fully saturated rings. The number of carbonyl (C=O) groups is 1. The largest absolute Gasteiger partial charge is 0.486 e. The minimum Gasteiger partial charge on any atom is -0.486 e. The quantitative estimate of drug-likeness (QED) is 0.847. The molecule has 2 heterocycles. The molecule has 1 amide bonds. The fourth-order valence-electron chi connectivity index (χ4n) is 2.29. The van der Waals surface area contributed by atoms with E-state index in [2.05, 4.69) is 15.6 Å². The van der Waals surface area contributed by atoms with Gasteiger partial charge < -0.3 is 20.1 Å². The van der Waals surface area contributed by atoms with Crippen LogP contribution in [0.1, 0.15) is 6.92 Å². The molecule has 6 nitrogen and oxygen atoms in total. The highest BCUT2D eigenvalue weighted by Gasteiger charge is 2.16. The van der Waals surface area contributed by atoms with E-state index in [-0.39, 0.29) is 24.2 Å². The molecule has 2 aromatic rings. The first-order chi connectivity index (χ1) is 11.2. The van der Waals surface area contributed by atoms with E-state index in [9.17, 15) is 4.79 Å². The Bertz CT molecular complexity index is 708. The van der Waals surface area contributed by atoms with Gasteiger partial charge >= 0.3 is 0 Å². The molecule has 1 aliphatic rings. The standard InChI is InChI=1S/C16H19N3O3S.ClH/c1-10(8-17-2)15(20)19-16-18-12(9-23-16)11-3-4-13-14(7-11)22-6-5-21-13;/h3-4,7,9-10,17H,5-6,8H2,1-2H3,(H,18,19,20);1H. The molecule has 1 aromatic heterocycles. The lowest BCUT2D eigenvalue weighted by molar-refractivity contribution is -0.119. The molecule has 0 radical (unpaired) electrons. The van der Waals surface area contributed by atoms with Gasteiger partial charge in [0.05, 0.1) is 5.69 Å². The molecule has 130 valence electrons. The van der Waals surface area contributed by atoms with Gasteiger partial charge in [0.2, 0.25) is 5.91 Å². The van der Waals surface area contributed by atoms with Crippen LogP contribution in [0.4, 0.5) is 5.13 Å². The first-order valence-electron chi connectivity index (χ1n) is 7.48. The van der Waals surface area contributed by atoms with Crippen LogP contribution < -0.4 is 20.1 Å². The summed E-state index contributed by atoms with van der Waals surface area (Å²) in [5, 5.41) is 8.36. The summed E-state index contributed by atoms with van der Waals surface area (Å²) in [5.74, 6) is 1.34. The average molecular weight is 370 g/mol. The Labute approximate surface area is 151 Å². The molecule has 1 aromatic carbocycles. The zero-order chi connectivity index (χ0) is 16.2. The number of ether oxygens (including phenoxy) is 2. The van der Waals surface area contributed by atoms with Crippen molar-refractivity contribution < 1.29 is 14.3 Å². The first-order valence-corrected chi connectivity index (χ1v) is 8.36. The number of benzene rings is 1. The van der Waals surface area contributed by atoms with Gasteiger partial charge in [-0.2, -0.15) is 0 Å². The summed E-state index contributed by atoms with van der Waals surface area (Å²) >= 11 is 1.41. The lowest BCUT2D eigenvalue weighted by atomic mass is 10.1. The van der Waals surface area contributed by atoms with Crippen LogP contribution in [0.2, 0.25) is 0 Å². The average Bonchev–Trinajstić information content (AvgIpc) is 3.03. The van der Waals surface area contributed by atoms with Gasteiger partial charge in [-0.1, -0.05) is 6.92 Å². The highest BCUT2D eigenvalue weighted by Crippen LogP contribution is 2.35. The summed E-state index contributed by atoms with van der Waals surface area (Å²) in [7, 11) is 1.83. The molecule has 8 heteroatoms. The van der Waals surface area contributed by atoms with E-state index in [1.54, 1.807) is 0 Å². The van der Waals surface area contributed by atoms with Gasteiger partial charge in [-0.15, -0.1) is 23.7 Å². The highest BCUT2D eigenvalue weighted by atomic mass is 35.5. The number of hydrogen-bond acceptors (Lipinski definition) is 6. The number of rotatable bonds is 5. The van der Waals surface area contributed by atoms with Crippen LogP contribution in [0.15, 0.2) is 23.6 Å². The van der Waals surface area contributed by atoms with Gasteiger partial charge in [0.25, 0.3) is 0 Å². The number of nitrogens with zero attached hydrogens (tertiary/aromatic N) is 1. The van der Waals surface area contributed by atoms with Crippen LogP contribution in [0, 0.1) is 5.92 Å². The van der Waals surface area contributed by atoms with Gasteiger partial charge in [-0.25, -0.2) is 4.98 Å². The number of aromatic nitrogens is 1. The van der Waals surface area contributed by atoms with Crippen molar-refractivity contribution in [3.05, 3.63) is 23.6 Å². The minimum absolute atomic E-state index is 0. The van der Waals surface area contributed by atoms with E-state index in [1.807, 2.05) is 37.6 Å². The van der Waals surface area contributed by atoms with Gasteiger partial charge in [0.15, 0.2) is 16.6 Å². The number of carbonyl (C=O) groups excluding carboxylic acids is 1. The maximum absolute atomic E-state index is 12.0. The van der Waals surface area contributed by atoms with Gasteiger partial charge in [-0.05, 0) is 25.2 Å². The minimum atomic E-state index is -0.110. The van der Waals surface area contributed by atoms with Crippen molar-refractivity contribution >= 4 is 34.8 Å². The van der Waals surface area contributed by atoms with E-state index in [0.717, 1.165) is 22.8 Å². The molecule has 0 spiro atoms. The molecule has 0 saturated carbocycles. The maximum atomic E-state index is 12.0. The van der Waals surface area contributed by atoms with Crippen molar-refractivity contribution in [1.82, 2.24) is 10.3 Å². The van der Waals surface area contributed by atoms with Gasteiger partial charge in [0.1, 0.15) is 13.2 Å². The smallest absolute Gasteiger partial charge is 0.230 e. The Morgan fingerprint density at radius 3 is 2.83 bits per heavy atom. The molecule has 24 heavy (non-hydrogen) atoms. The Kier molecular flexibility index (Phi) is 6.42. The van der Waals surface area contributed by atoms with E-state index < -0.39 is 0 Å². The Morgan fingerprint density at radius 2 is 2.08 bits per heavy atom. The molecule has 1 atom stereocenters. The van der Waals surface area contributed by atoms with Crippen LogP contribution in [0.25, 0.3) is 11.3 Å². The first kappa shape index (κ1) is 18.5. The summed E-state index contributed by atoms with van der Waals surface area (Å²) < 4.78 is 11.1. The number of hydrogen-bond donors (Lipinski definition) is 2. The molecule has 0 bridgehead atoms. The summed E-state index contributed by atoms with van der Waals surface area (Å²) in [6.07, 6.45) is 0. The predicted molar refractivity (Wildman–Crippen MR) is 97.5 cm³/mol. The lowest BCUT2D eigenvalue weighted by Crippen LogP contribution is -2.28. The van der Waals surface area contributed by atoms with Crippen molar-refractivity contribution in [2.75, 3.05) is 32.1 Å². The SMILES string of the molecule is CNCC(C)C(=O)Nc1nc(-c2ccc3c(c2)OCCO3)cs1.Cl. The fourth-order valence-corrected chi connectivity index (χ4v) is 3.02.